The van der Waals surface area contributed by atoms with Crippen LogP contribution in [-0.2, 0) is 4.79 Å². The topological polar surface area (TPSA) is 94.8 Å². The molecule has 1 aromatic carbocycles. The highest BCUT2D eigenvalue weighted by Gasteiger charge is 2.37. The summed E-state index contributed by atoms with van der Waals surface area (Å²) >= 11 is 5.83. The van der Waals surface area contributed by atoms with E-state index in [0.29, 0.717) is 42.5 Å². The first-order chi connectivity index (χ1) is 13.0. The van der Waals surface area contributed by atoms with Crippen LogP contribution < -0.4 is 14.4 Å². The number of halogens is 1. The number of hydrogen-bond donors (Lipinski definition) is 0. The third-order valence-corrected chi connectivity index (χ3v) is 4.31. The lowest BCUT2D eigenvalue weighted by Gasteiger charge is -2.30. The Morgan fingerprint density at radius 3 is 2.70 bits per heavy atom. The standard InChI is InChI=1S/C18H18ClN3O5/c1-2-14-18(23)21(10-3-11-26-13-6-4-12(19)5-7-13)17-15(27-14)8-9-16(20-17)22(24)25/h4-9,14H,2-3,10-11H2,1H3. The number of pyridine rings is 1. The molecule has 27 heavy (non-hydrogen) atoms. The Kier molecular flexibility index (Phi) is 5.75. The van der Waals surface area contributed by atoms with Gasteiger partial charge in [-0.3, -0.25) is 9.69 Å². The molecule has 0 radical (unpaired) electrons. The van der Waals surface area contributed by atoms with Crippen molar-refractivity contribution in [2.75, 3.05) is 18.1 Å². The third kappa shape index (κ3) is 4.28. The zero-order valence-electron chi connectivity index (χ0n) is 14.6. The molecule has 1 unspecified atom stereocenters. The number of anilines is 1. The molecule has 8 nitrogen and oxygen atoms in total. The van der Waals surface area contributed by atoms with Gasteiger partial charge in [0.2, 0.25) is 0 Å². The molecule has 3 rings (SSSR count). The normalized spacial score (nSPS) is 15.9. The van der Waals surface area contributed by atoms with Crippen molar-refractivity contribution in [1.29, 1.82) is 0 Å². The van der Waals surface area contributed by atoms with E-state index in [4.69, 9.17) is 21.1 Å². The second kappa shape index (κ2) is 8.22. The monoisotopic (exact) mass is 391 g/mol. The lowest BCUT2D eigenvalue weighted by molar-refractivity contribution is -0.389. The van der Waals surface area contributed by atoms with Crippen molar-refractivity contribution in [3.8, 4) is 11.5 Å². The Hall–Kier alpha value is -2.87. The van der Waals surface area contributed by atoms with Crippen LogP contribution in [0.3, 0.4) is 0 Å². The fraction of sp³-hybridized carbons (Fsp3) is 0.333. The molecule has 0 spiro atoms. The summed E-state index contributed by atoms with van der Waals surface area (Å²) in [4.78, 5) is 28.5. The first kappa shape index (κ1) is 18.9. The summed E-state index contributed by atoms with van der Waals surface area (Å²) in [5.41, 5.74) is 0. The van der Waals surface area contributed by atoms with Crippen LogP contribution in [0.4, 0.5) is 11.6 Å². The van der Waals surface area contributed by atoms with Crippen LogP contribution in [0.15, 0.2) is 36.4 Å². The van der Waals surface area contributed by atoms with Gasteiger partial charge in [0.25, 0.3) is 11.7 Å². The molecule has 0 aliphatic carbocycles. The van der Waals surface area contributed by atoms with Crippen molar-refractivity contribution in [3.63, 3.8) is 0 Å². The largest absolute Gasteiger partial charge is 0.494 e. The maximum atomic E-state index is 12.6. The fourth-order valence-electron chi connectivity index (χ4n) is 2.71. The first-order valence-electron chi connectivity index (χ1n) is 8.51. The van der Waals surface area contributed by atoms with E-state index in [1.807, 2.05) is 6.92 Å². The van der Waals surface area contributed by atoms with Crippen LogP contribution in [0, 0.1) is 10.1 Å². The second-order valence-electron chi connectivity index (χ2n) is 5.91. The molecule has 1 aliphatic rings. The van der Waals surface area contributed by atoms with Gasteiger partial charge in [-0.05, 0) is 53.1 Å². The van der Waals surface area contributed by atoms with Gasteiger partial charge in [0.1, 0.15) is 5.75 Å². The second-order valence-corrected chi connectivity index (χ2v) is 6.35. The van der Waals surface area contributed by atoms with E-state index in [-0.39, 0.29) is 17.5 Å². The Morgan fingerprint density at radius 1 is 1.30 bits per heavy atom. The third-order valence-electron chi connectivity index (χ3n) is 4.06. The van der Waals surface area contributed by atoms with Gasteiger partial charge >= 0.3 is 5.82 Å². The molecule has 1 atom stereocenters. The Morgan fingerprint density at radius 2 is 2.04 bits per heavy atom. The van der Waals surface area contributed by atoms with Gasteiger partial charge in [0, 0.05) is 17.6 Å². The molecular formula is C18H18ClN3O5. The minimum absolute atomic E-state index is 0.172. The highest BCUT2D eigenvalue weighted by Crippen LogP contribution is 2.34. The van der Waals surface area contributed by atoms with Crippen LogP contribution in [0.5, 0.6) is 11.5 Å². The molecule has 0 saturated heterocycles. The zero-order valence-corrected chi connectivity index (χ0v) is 15.4. The SMILES string of the molecule is CCC1Oc2ccc([N+](=O)[O-])nc2N(CCCOc2ccc(Cl)cc2)C1=O. The highest BCUT2D eigenvalue weighted by molar-refractivity contribution is 6.30. The van der Waals surface area contributed by atoms with Gasteiger partial charge in [0.05, 0.1) is 6.61 Å². The number of benzene rings is 1. The van der Waals surface area contributed by atoms with Crippen LogP contribution in [-0.4, -0.2) is 35.1 Å². The maximum absolute atomic E-state index is 12.6. The van der Waals surface area contributed by atoms with E-state index < -0.39 is 11.0 Å². The molecule has 1 aromatic heterocycles. The number of rotatable bonds is 7. The molecule has 1 aliphatic heterocycles. The van der Waals surface area contributed by atoms with E-state index in [1.54, 1.807) is 24.3 Å². The smallest absolute Gasteiger partial charge is 0.366 e. The summed E-state index contributed by atoms with van der Waals surface area (Å²) < 4.78 is 11.3. The van der Waals surface area contributed by atoms with Crippen molar-refractivity contribution >= 4 is 29.1 Å². The van der Waals surface area contributed by atoms with Crippen molar-refractivity contribution in [2.45, 2.75) is 25.9 Å². The number of carbonyl (C=O) groups is 1. The number of hydrogen-bond acceptors (Lipinski definition) is 6. The van der Waals surface area contributed by atoms with Gasteiger partial charge in [-0.15, -0.1) is 0 Å². The van der Waals surface area contributed by atoms with E-state index in [2.05, 4.69) is 4.98 Å². The Labute approximate surface area is 160 Å². The van der Waals surface area contributed by atoms with Crippen molar-refractivity contribution in [2.24, 2.45) is 0 Å². The van der Waals surface area contributed by atoms with Crippen molar-refractivity contribution in [1.82, 2.24) is 4.98 Å². The number of amides is 1. The lowest BCUT2D eigenvalue weighted by Crippen LogP contribution is -2.46. The highest BCUT2D eigenvalue weighted by atomic mass is 35.5. The van der Waals surface area contributed by atoms with E-state index in [1.165, 1.54) is 17.0 Å². The number of ether oxygens (including phenoxy) is 2. The Balaban J connectivity index is 1.70. The molecule has 0 saturated carbocycles. The number of carbonyl (C=O) groups excluding carboxylic acids is 1. The van der Waals surface area contributed by atoms with Gasteiger partial charge in [-0.2, -0.15) is 0 Å². The number of fused-ring (bicyclic) bond motifs is 1. The van der Waals surface area contributed by atoms with E-state index >= 15 is 0 Å². The van der Waals surface area contributed by atoms with Gasteiger partial charge in [-0.25, -0.2) is 0 Å². The zero-order chi connectivity index (χ0) is 19.4. The lowest BCUT2D eigenvalue weighted by atomic mass is 10.2. The molecular weight excluding hydrogens is 374 g/mol. The average Bonchev–Trinajstić information content (AvgIpc) is 2.67. The number of nitro groups is 1. The van der Waals surface area contributed by atoms with E-state index in [9.17, 15) is 14.9 Å². The minimum atomic E-state index is -0.627. The summed E-state index contributed by atoms with van der Waals surface area (Å²) in [7, 11) is 0. The molecule has 9 heteroatoms. The maximum Gasteiger partial charge on any atom is 0.366 e. The summed E-state index contributed by atoms with van der Waals surface area (Å²) in [6, 6.07) is 9.72. The van der Waals surface area contributed by atoms with Crippen molar-refractivity contribution in [3.05, 3.63) is 51.5 Å². The number of nitrogens with zero attached hydrogens (tertiary/aromatic N) is 3. The summed E-state index contributed by atoms with van der Waals surface area (Å²) in [5.74, 6) is 0.622. The van der Waals surface area contributed by atoms with Gasteiger partial charge < -0.3 is 19.6 Å². The molecule has 1 amide bonds. The predicted octanol–water partition coefficient (Wildman–Crippen LogP) is 3.62. The summed E-state index contributed by atoms with van der Waals surface area (Å²) in [6.45, 7) is 2.52. The van der Waals surface area contributed by atoms with Gasteiger partial charge in [-0.1, -0.05) is 18.5 Å². The summed E-state index contributed by atoms with van der Waals surface area (Å²) in [6.07, 6.45) is 0.389. The minimum Gasteiger partial charge on any atom is -0.494 e. The molecule has 142 valence electrons. The molecule has 2 heterocycles. The van der Waals surface area contributed by atoms with Crippen molar-refractivity contribution < 1.29 is 19.2 Å². The van der Waals surface area contributed by atoms with Gasteiger partial charge in [0.15, 0.2) is 11.9 Å². The predicted molar refractivity (Wildman–Crippen MR) is 99.5 cm³/mol. The molecule has 0 N–H and O–H groups in total. The van der Waals surface area contributed by atoms with E-state index in [0.717, 1.165) is 0 Å². The molecule has 0 bridgehead atoms. The fourth-order valence-corrected chi connectivity index (χ4v) is 2.84. The van der Waals surface area contributed by atoms with Crippen LogP contribution >= 0.6 is 11.6 Å². The van der Waals surface area contributed by atoms with Crippen LogP contribution in [0.1, 0.15) is 19.8 Å². The van der Waals surface area contributed by atoms with Crippen LogP contribution in [0.25, 0.3) is 0 Å². The molecule has 0 fully saturated rings. The average molecular weight is 392 g/mol. The molecule has 2 aromatic rings. The summed E-state index contributed by atoms with van der Waals surface area (Å²) in [5, 5.41) is 11.6. The van der Waals surface area contributed by atoms with Crippen LogP contribution in [0.2, 0.25) is 5.02 Å². The number of aromatic nitrogens is 1. The Bertz CT molecular complexity index is 843. The quantitative estimate of drug-likeness (QED) is 0.406. The first-order valence-corrected chi connectivity index (χ1v) is 8.89.